The number of carbonyl (C=O) groups is 1. The maximum atomic E-state index is 12.0. The number of nitrogens with zero attached hydrogens (tertiary/aromatic N) is 1. The van der Waals surface area contributed by atoms with Crippen molar-refractivity contribution in [1.82, 2.24) is 0 Å². The van der Waals surface area contributed by atoms with Gasteiger partial charge in [0.25, 0.3) is 5.91 Å². The molecule has 0 aliphatic carbocycles. The summed E-state index contributed by atoms with van der Waals surface area (Å²) in [6, 6.07) is 7.26. The maximum Gasteiger partial charge on any atom is 0.411 e. The second-order valence-electron chi connectivity index (χ2n) is 5.30. The highest BCUT2D eigenvalue weighted by Crippen LogP contribution is 2.22. The van der Waals surface area contributed by atoms with E-state index in [0.717, 1.165) is 18.8 Å². The molecule has 0 aromatic heterocycles. The molecule has 0 radical (unpaired) electrons. The number of anilines is 2. The van der Waals surface area contributed by atoms with E-state index in [1.807, 2.05) is 12.1 Å². The van der Waals surface area contributed by atoms with E-state index in [9.17, 15) is 18.0 Å². The van der Waals surface area contributed by atoms with Gasteiger partial charge in [0, 0.05) is 24.5 Å². The topological polar surface area (TPSA) is 41.6 Å². The van der Waals surface area contributed by atoms with E-state index in [2.05, 4.69) is 15.0 Å². The largest absolute Gasteiger partial charge is 0.411 e. The zero-order valence-corrected chi connectivity index (χ0v) is 12.3. The van der Waals surface area contributed by atoms with Gasteiger partial charge >= 0.3 is 6.18 Å². The standard InChI is InChI=1S/C15H19F3N2O2/c1-11(22-10-15(16,17)18)14(21)19-12-4-6-13(7-5-12)20-8-2-3-9-20/h4-7,11H,2-3,8-10H2,1H3,(H,19,21)/t11-/m1/s1. The molecule has 4 nitrogen and oxygen atoms in total. The molecular formula is C15H19F3N2O2. The minimum Gasteiger partial charge on any atom is -0.372 e. The highest BCUT2D eigenvalue weighted by molar-refractivity contribution is 5.94. The third-order valence-electron chi connectivity index (χ3n) is 3.47. The molecule has 1 saturated heterocycles. The number of amides is 1. The summed E-state index contributed by atoms with van der Waals surface area (Å²) in [5, 5.41) is 2.55. The van der Waals surface area contributed by atoms with Gasteiger partial charge in [-0.3, -0.25) is 4.79 Å². The van der Waals surface area contributed by atoms with Crippen molar-refractivity contribution in [1.29, 1.82) is 0 Å². The lowest BCUT2D eigenvalue weighted by molar-refractivity contribution is -0.184. The van der Waals surface area contributed by atoms with Crippen LogP contribution in [0.1, 0.15) is 19.8 Å². The number of hydrogen-bond donors (Lipinski definition) is 1. The monoisotopic (exact) mass is 316 g/mol. The van der Waals surface area contributed by atoms with Crippen molar-refractivity contribution in [3.8, 4) is 0 Å². The number of nitrogens with one attached hydrogen (secondary N) is 1. The van der Waals surface area contributed by atoms with E-state index < -0.39 is 24.8 Å². The van der Waals surface area contributed by atoms with Gasteiger partial charge in [-0.15, -0.1) is 0 Å². The van der Waals surface area contributed by atoms with Gasteiger partial charge in [0.15, 0.2) is 0 Å². The van der Waals surface area contributed by atoms with Crippen LogP contribution in [-0.4, -0.2) is 37.9 Å². The van der Waals surface area contributed by atoms with Crippen LogP contribution in [0.25, 0.3) is 0 Å². The Labute approximate surface area is 127 Å². The van der Waals surface area contributed by atoms with Crippen LogP contribution < -0.4 is 10.2 Å². The van der Waals surface area contributed by atoms with Gasteiger partial charge in [-0.05, 0) is 44.0 Å². The lowest BCUT2D eigenvalue weighted by Gasteiger charge is -2.18. The van der Waals surface area contributed by atoms with E-state index >= 15 is 0 Å². The first-order valence-electron chi connectivity index (χ1n) is 7.19. The Balaban J connectivity index is 1.85. The van der Waals surface area contributed by atoms with Gasteiger partial charge in [0.2, 0.25) is 0 Å². The summed E-state index contributed by atoms with van der Waals surface area (Å²) >= 11 is 0. The third-order valence-corrected chi connectivity index (χ3v) is 3.47. The first kappa shape index (κ1) is 16.6. The number of halogens is 3. The van der Waals surface area contributed by atoms with Crippen LogP contribution in [0.3, 0.4) is 0 Å². The van der Waals surface area contributed by atoms with Crippen molar-refractivity contribution in [3.63, 3.8) is 0 Å². The molecule has 7 heteroatoms. The predicted molar refractivity (Wildman–Crippen MR) is 78.0 cm³/mol. The lowest BCUT2D eigenvalue weighted by Crippen LogP contribution is -2.31. The van der Waals surface area contributed by atoms with Crippen LogP contribution in [0.4, 0.5) is 24.5 Å². The molecule has 2 rings (SSSR count). The van der Waals surface area contributed by atoms with Crippen LogP contribution in [-0.2, 0) is 9.53 Å². The van der Waals surface area contributed by atoms with Crippen molar-refractivity contribution in [3.05, 3.63) is 24.3 Å². The Hall–Kier alpha value is -1.76. The first-order chi connectivity index (χ1) is 10.3. The van der Waals surface area contributed by atoms with Crippen LogP contribution in [0, 0.1) is 0 Å². The van der Waals surface area contributed by atoms with E-state index in [-0.39, 0.29) is 0 Å². The zero-order valence-electron chi connectivity index (χ0n) is 12.3. The summed E-state index contributed by atoms with van der Waals surface area (Å²) in [6.07, 6.45) is -3.26. The van der Waals surface area contributed by atoms with Crippen LogP contribution in [0.5, 0.6) is 0 Å². The van der Waals surface area contributed by atoms with Gasteiger partial charge in [-0.2, -0.15) is 13.2 Å². The van der Waals surface area contributed by atoms with E-state index in [4.69, 9.17) is 0 Å². The molecule has 1 heterocycles. The molecule has 1 aliphatic rings. The zero-order chi connectivity index (χ0) is 16.2. The minimum absolute atomic E-state index is 0.537. The van der Waals surface area contributed by atoms with Crippen molar-refractivity contribution >= 4 is 17.3 Å². The molecule has 22 heavy (non-hydrogen) atoms. The summed E-state index contributed by atoms with van der Waals surface area (Å²) in [4.78, 5) is 14.0. The summed E-state index contributed by atoms with van der Waals surface area (Å²) < 4.78 is 40.6. The Morgan fingerprint density at radius 1 is 1.27 bits per heavy atom. The van der Waals surface area contributed by atoms with Crippen LogP contribution in [0.2, 0.25) is 0 Å². The summed E-state index contributed by atoms with van der Waals surface area (Å²) in [5.41, 5.74) is 1.62. The molecule has 0 unspecified atom stereocenters. The summed E-state index contributed by atoms with van der Waals surface area (Å²) in [5.74, 6) is -0.599. The highest BCUT2D eigenvalue weighted by Gasteiger charge is 2.29. The van der Waals surface area contributed by atoms with Crippen molar-refractivity contribution in [2.75, 3.05) is 29.9 Å². The minimum atomic E-state index is -4.44. The Morgan fingerprint density at radius 2 is 1.86 bits per heavy atom. The number of carbonyl (C=O) groups excluding carboxylic acids is 1. The molecule has 1 aromatic rings. The number of rotatable bonds is 5. The van der Waals surface area contributed by atoms with Gasteiger partial charge in [-0.25, -0.2) is 0 Å². The van der Waals surface area contributed by atoms with Gasteiger partial charge in [0.1, 0.15) is 12.7 Å². The molecule has 1 N–H and O–H groups in total. The van der Waals surface area contributed by atoms with Crippen molar-refractivity contribution in [2.45, 2.75) is 32.0 Å². The molecule has 1 amide bonds. The average molecular weight is 316 g/mol. The Kier molecular flexibility index (Phi) is 5.28. The second kappa shape index (κ2) is 7.00. The quantitative estimate of drug-likeness (QED) is 0.907. The normalized spacial score (nSPS) is 16.6. The average Bonchev–Trinajstić information content (AvgIpc) is 2.99. The van der Waals surface area contributed by atoms with Gasteiger partial charge in [-0.1, -0.05) is 0 Å². The number of alkyl halides is 3. The van der Waals surface area contributed by atoms with Crippen LogP contribution >= 0.6 is 0 Å². The molecule has 1 atom stereocenters. The van der Waals surface area contributed by atoms with Crippen molar-refractivity contribution < 1.29 is 22.7 Å². The number of benzene rings is 1. The van der Waals surface area contributed by atoms with E-state index in [0.29, 0.717) is 5.69 Å². The van der Waals surface area contributed by atoms with Crippen molar-refractivity contribution in [2.24, 2.45) is 0 Å². The molecule has 1 aromatic carbocycles. The fourth-order valence-electron chi connectivity index (χ4n) is 2.27. The highest BCUT2D eigenvalue weighted by atomic mass is 19.4. The smallest absolute Gasteiger partial charge is 0.372 e. The third kappa shape index (κ3) is 4.91. The molecule has 1 aliphatic heterocycles. The Bertz CT molecular complexity index is 497. The molecule has 1 fully saturated rings. The van der Waals surface area contributed by atoms with E-state index in [1.165, 1.54) is 19.8 Å². The second-order valence-corrected chi connectivity index (χ2v) is 5.30. The fraction of sp³-hybridized carbons (Fsp3) is 0.533. The molecule has 0 spiro atoms. The Morgan fingerprint density at radius 3 is 2.41 bits per heavy atom. The summed E-state index contributed by atoms with van der Waals surface area (Å²) in [6.45, 7) is 1.90. The first-order valence-corrected chi connectivity index (χ1v) is 7.19. The SMILES string of the molecule is C[C@@H](OCC(F)(F)F)C(=O)Nc1ccc(N2CCCC2)cc1. The fourth-order valence-corrected chi connectivity index (χ4v) is 2.27. The molecule has 0 saturated carbocycles. The lowest BCUT2D eigenvalue weighted by atomic mass is 10.2. The van der Waals surface area contributed by atoms with Crippen LogP contribution in [0.15, 0.2) is 24.3 Å². The van der Waals surface area contributed by atoms with E-state index in [1.54, 1.807) is 12.1 Å². The molecule has 122 valence electrons. The number of hydrogen-bond acceptors (Lipinski definition) is 3. The predicted octanol–water partition coefficient (Wildman–Crippen LogP) is 3.19. The van der Waals surface area contributed by atoms with Gasteiger partial charge in [0.05, 0.1) is 0 Å². The molecular weight excluding hydrogens is 297 g/mol. The molecule has 0 bridgehead atoms. The number of ether oxygens (including phenoxy) is 1. The maximum absolute atomic E-state index is 12.0. The van der Waals surface area contributed by atoms with Gasteiger partial charge < -0.3 is 15.0 Å². The summed E-state index contributed by atoms with van der Waals surface area (Å²) in [7, 11) is 0.